The highest BCUT2D eigenvalue weighted by molar-refractivity contribution is 6.03. The van der Waals surface area contributed by atoms with Crippen LogP contribution in [0, 0.1) is 27.7 Å². The molecule has 0 saturated carbocycles. The number of fused-ring (bicyclic) bond motifs is 2. The summed E-state index contributed by atoms with van der Waals surface area (Å²) in [6.07, 6.45) is 0. The maximum absolute atomic E-state index is 2.33. The quantitative estimate of drug-likeness (QED) is 0.467. The van der Waals surface area contributed by atoms with Crippen molar-refractivity contribution in [2.24, 2.45) is 0 Å². The van der Waals surface area contributed by atoms with Gasteiger partial charge < -0.3 is 0 Å². The van der Waals surface area contributed by atoms with Crippen molar-refractivity contribution >= 4 is 21.5 Å². The monoisotopic (exact) mass is 234 g/mol. The smallest absolute Gasteiger partial charge is 0.0143 e. The molecule has 0 aromatic heterocycles. The molecule has 0 nitrogen and oxygen atoms in total. The molecule has 18 heavy (non-hydrogen) atoms. The van der Waals surface area contributed by atoms with Gasteiger partial charge in [0.05, 0.1) is 0 Å². The molecule has 0 bridgehead atoms. The van der Waals surface area contributed by atoms with Crippen molar-refractivity contribution in [3.8, 4) is 0 Å². The summed E-state index contributed by atoms with van der Waals surface area (Å²) < 4.78 is 0. The predicted octanol–water partition coefficient (Wildman–Crippen LogP) is 5.23. The molecule has 3 aromatic rings. The zero-order chi connectivity index (χ0) is 12.9. The van der Waals surface area contributed by atoms with E-state index in [2.05, 4.69) is 64.1 Å². The van der Waals surface area contributed by atoms with E-state index in [9.17, 15) is 0 Å². The highest BCUT2D eigenvalue weighted by Crippen LogP contribution is 2.31. The minimum atomic E-state index is 1.33. The minimum absolute atomic E-state index is 1.33. The first-order valence-electron chi connectivity index (χ1n) is 6.48. The Labute approximate surface area is 108 Å². The van der Waals surface area contributed by atoms with Crippen molar-refractivity contribution in [2.45, 2.75) is 27.7 Å². The molecule has 0 atom stereocenters. The molecule has 0 unspecified atom stereocenters. The molecule has 0 amide bonds. The molecular formula is C18H18. The average molecular weight is 234 g/mol. The lowest BCUT2D eigenvalue weighted by Gasteiger charge is -2.12. The van der Waals surface area contributed by atoms with Crippen LogP contribution in [0.2, 0.25) is 0 Å². The van der Waals surface area contributed by atoms with E-state index in [0.717, 1.165) is 0 Å². The Morgan fingerprint density at radius 1 is 0.611 bits per heavy atom. The summed E-state index contributed by atoms with van der Waals surface area (Å²) in [5.74, 6) is 0. The molecule has 0 aliphatic rings. The Morgan fingerprint density at radius 2 is 1.39 bits per heavy atom. The van der Waals surface area contributed by atoms with Gasteiger partial charge in [0.2, 0.25) is 0 Å². The fourth-order valence-electron chi connectivity index (χ4n) is 2.77. The van der Waals surface area contributed by atoms with Gasteiger partial charge in [0, 0.05) is 0 Å². The van der Waals surface area contributed by atoms with E-state index in [4.69, 9.17) is 0 Å². The Bertz CT molecular complexity index is 764. The fraction of sp³-hybridized carbons (Fsp3) is 0.222. The molecule has 3 aromatic carbocycles. The van der Waals surface area contributed by atoms with Gasteiger partial charge >= 0.3 is 0 Å². The lowest BCUT2D eigenvalue weighted by Crippen LogP contribution is -1.89. The van der Waals surface area contributed by atoms with Crippen LogP contribution in [-0.2, 0) is 0 Å². The Morgan fingerprint density at radius 3 is 2.17 bits per heavy atom. The van der Waals surface area contributed by atoms with Gasteiger partial charge in [0.25, 0.3) is 0 Å². The second kappa shape index (κ2) is 3.84. The van der Waals surface area contributed by atoms with Gasteiger partial charge in [0.1, 0.15) is 0 Å². The van der Waals surface area contributed by atoms with E-state index in [-0.39, 0.29) is 0 Å². The molecule has 0 radical (unpaired) electrons. The first-order chi connectivity index (χ1) is 8.58. The normalized spacial score (nSPS) is 11.3. The zero-order valence-corrected chi connectivity index (χ0v) is 11.5. The van der Waals surface area contributed by atoms with Gasteiger partial charge in [-0.1, -0.05) is 35.9 Å². The second-order valence-corrected chi connectivity index (χ2v) is 5.33. The highest BCUT2D eigenvalue weighted by Gasteiger charge is 2.07. The molecule has 3 rings (SSSR count). The maximum atomic E-state index is 2.33. The molecule has 0 heteroatoms. The SMILES string of the molecule is Cc1ccc2cc3c(C)c(C)ccc3c(C)c2c1. The number of hydrogen-bond donors (Lipinski definition) is 0. The zero-order valence-electron chi connectivity index (χ0n) is 11.5. The van der Waals surface area contributed by atoms with Crippen LogP contribution in [-0.4, -0.2) is 0 Å². The first-order valence-corrected chi connectivity index (χ1v) is 6.48. The standard InChI is InChI=1S/C18H18/c1-11-5-7-15-10-18-13(3)12(2)6-8-16(18)14(4)17(15)9-11/h5-10H,1-4H3. The van der Waals surface area contributed by atoms with Crippen LogP contribution in [0.5, 0.6) is 0 Å². The molecule has 0 spiro atoms. The average Bonchev–Trinajstić information content (AvgIpc) is 2.36. The van der Waals surface area contributed by atoms with Crippen molar-refractivity contribution in [1.82, 2.24) is 0 Å². The van der Waals surface area contributed by atoms with Crippen LogP contribution in [0.1, 0.15) is 22.3 Å². The van der Waals surface area contributed by atoms with Crippen molar-refractivity contribution in [1.29, 1.82) is 0 Å². The number of rotatable bonds is 0. The van der Waals surface area contributed by atoms with Crippen molar-refractivity contribution in [2.75, 3.05) is 0 Å². The molecule has 0 N–H and O–H groups in total. The largest absolute Gasteiger partial charge is 0.0587 e. The molecule has 90 valence electrons. The van der Waals surface area contributed by atoms with Gasteiger partial charge in [0.15, 0.2) is 0 Å². The number of aryl methyl sites for hydroxylation is 4. The summed E-state index contributed by atoms with van der Waals surface area (Å²) in [6, 6.07) is 13.5. The molecular weight excluding hydrogens is 216 g/mol. The fourth-order valence-corrected chi connectivity index (χ4v) is 2.77. The van der Waals surface area contributed by atoms with E-state index in [1.54, 1.807) is 0 Å². The Kier molecular flexibility index (Phi) is 2.41. The molecule has 0 aliphatic heterocycles. The first kappa shape index (κ1) is 11.3. The van der Waals surface area contributed by atoms with Gasteiger partial charge in [-0.25, -0.2) is 0 Å². The van der Waals surface area contributed by atoms with Crippen molar-refractivity contribution in [3.05, 3.63) is 58.7 Å². The van der Waals surface area contributed by atoms with E-state index in [1.807, 2.05) is 0 Å². The van der Waals surface area contributed by atoms with E-state index >= 15 is 0 Å². The van der Waals surface area contributed by atoms with Gasteiger partial charge in [-0.15, -0.1) is 0 Å². The maximum Gasteiger partial charge on any atom is -0.0143 e. The Hall–Kier alpha value is -1.82. The molecule has 0 aliphatic carbocycles. The summed E-state index contributed by atoms with van der Waals surface area (Å²) in [6.45, 7) is 8.79. The van der Waals surface area contributed by atoms with Crippen LogP contribution in [0.3, 0.4) is 0 Å². The third-order valence-electron chi connectivity index (χ3n) is 4.10. The third kappa shape index (κ3) is 1.53. The van der Waals surface area contributed by atoms with Gasteiger partial charge in [-0.2, -0.15) is 0 Å². The van der Waals surface area contributed by atoms with Crippen LogP contribution in [0.25, 0.3) is 21.5 Å². The van der Waals surface area contributed by atoms with Gasteiger partial charge in [-0.3, -0.25) is 0 Å². The second-order valence-electron chi connectivity index (χ2n) is 5.33. The van der Waals surface area contributed by atoms with Crippen molar-refractivity contribution in [3.63, 3.8) is 0 Å². The summed E-state index contributed by atoms with van der Waals surface area (Å²) in [5, 5.41) is 5.50. The highest BCUT2D eigenvalue weighted by atomic mass is 14.1. The summed E-state index contributed by atoms with van der Waals surface area (Å²) >= 11 is 0. The lowest BCUT2D eigenvalue weighted by molar-refractivity contribution is 1.38. The van der Waals surface area contributed by atoms with E-state index in [0.29, 0.717) is 0 Å². The summed E-state index contributed by atoms with van der Waals surface area (Å²) in [5.41, 5.74) is 5.49. The predicted molar refractivity (Wildman–Crippen MR) is 80.4 cm³/mol. The number of benzene rings is 3. The lowest BCUT2D eigenvalue weighted by atomic mass is 9.93. The molecule has 0 fully saturated rings. The summed E-state index contributed by atoms with van der Waals surface area (Å²) in [4.78, 5) is 0. The van der Waals surface area contributed by atoms with Crippen LogP contribution in [0.4, 0.5) is 0 Å². The van der Waals surface area contributed by atoms with E-state index in [1.165, 1.54) is 43.8 Å². The third-order valence-corrected chi connectivity index (χ3v) is 4.10. The molecule has 0 heterocycles. The van der Waals surface area contributed by atoms with Crippen LogP contribution >= 0.6 is 0 Å². The van der Waals surface area contributed by atoms with Crippen LogP contribution < -0.4 is 0 Å². The van der Waals surface area contributed by atoms with Crippen molar-refractivity contribution < 1.29 is 0 Å². The topological polar surface area (TPSA) is 0 Å². The van der Waals surface area contributed by atoms with Crippen LogP contribution in [0.15, 0.2) is 36.4 Å². The van der Waals surface area contributed by atoms with E-state index < -0.39 is 0 Å². The number of hydrogen-bond acceptors (Lipinski definition) is 0. The summed E-state index contributed by atoms with van der Waals surface area (Å²) in [7, 11) is 0. The van der Waals surface area contributed by atoms with Gasteiger partial charge in [-0.05, 0) is 72.0 Å². The molecule has 0 saturated heterocycles. The minimum Gasteiger partial charge on any atom is -0.0587 e. The Balaban J connectivity index is 2.56.